The van der Waals surface area contributed by atoms with E-state index in [1.54, 1.807) is 6.92 Å². The van der Waals surface area contributed by atoms with Crippen LogP contribution in [0.3, 0.4) is 0 Å². The molecule has 1 atom stereocenters. The number of ether oxygens (including phenoxy) is 2. The van der Waals surface area contributed by atoms with Gasteiger partial charge in [-0.15, -0.1) is 22.7 Å². The second kappa shape index (κ2) is 11.7. The predicted octanol–water partition coefficient (Wildman–Crippen LogP) is 4.78. The minimum Gasteiger partial charge on any atom is -0.465 e. The number of aryl methyl sites for hydroxylation is 1. The van der Waals surface area contributed by atoms with E-state index >= 15 is 0 Å². The zero-order valence-electron chi connectivity index (χ0n) is 22.4. The first kappa shape index (κ1) is 27.7. The predicted molar refractivity (Wildman–Crippen MR) is 155 cm³/mol. The molecule has 1 amide bonds. The van der Waals surface area contributed by atoms with Crippen LogP contribution in [0.25, 0.3) is 10.2 Å². The van der Waals surface area contributed by atoms with Crippen molar-refractivity contribution in [2.45, 2.75) is 46.1 Å². The molecule has 0 saturated carbocycles. The van der Waals surface area contributed by atoms with Gasteiger partial charge in [0.1, 0.15) is 21.3 Å². The van der Waals surface area contributed by atoms with Gasteiger partial charge >= 0.3 is 11.9 Å². The van der Waals surface area contributed by atoms with Gasteiger partial charge in [-0.2, -0.15) is 0 Å². The normalized spacial score (nSPS) is 14.5. The highest BCUT2D eigenvalue weighted by atomic mass is 32.1. The van der Waals surface area contributed by atoms with Gasteiger partial charge in [-0.05, 0) is 48.8 Å². The van der Waals surface area contributed by atoms with Gasteiger partial charge in [0.25, 0.3) is 5.56 Å². The molecule has 1 unspecified atom stereocenters. The lowest BCUT2D eigenvalue weighted by Crippen LogP contribution is -2.28. The van der Waals surface area contributed by atoms with Gasteiger partial charge < -0.3 is 14.8 Å². The van der Waals surface area contributed by atoms with Crippen molar-refractivity contribution in [1.29, 1.82) is 0 Å². The summed E-state index contributed by atoms with van der Waals surface area (Å²) in [4.78, 5) is 57.8. The lowest BCUT2D eigenvalue weighted by molar-refractivity contribution is -0.116. The minimum atomic E-state index is -0.508. The summed E-state index contributed by atoms with van der Waals surface area (Å²) in [5, 5.41) is 3.53. The lowest BCUT2D eigenvalue weighted by atomic mass is 9.88. The van der Waals surface area contributed by atoms with E-state index in [9.17, 15) is 19.2 Å². The van der Waals surface area contributed by atoms with Crippen molar-refractivity contribution in [3.63, 3.8) is 0 Å². The molecule has 3 heterocycles. The van der Waals surface area contributed by atoms with Crippen LogP contribution in [-0.4, -0.2) is 41.1 Å². The third-order valence-electron chi connectivity index (χ3n) is 7.04. The van der Waals surface area contributed by atoms with E-state index in [4.69, 9.17) is 9.47 Å². The molecule has 1 aliphatic carbocycles. The standard InChI is InChI=1S/C29H29N3O6S2/c1-16-9-10-19-20(13-16)39-26(23(19)28(35)37-3)31-21(33)14-32-15-30-25-22(27(32)34)17(2)24(40-25)29(36)38-12-11-18-7-5-4-6-8-18/h4-8,15-16H,9-14H2,1-3H3,(H,31,33). The topological polar surface area (TPSA) is 117 Å². The largest absolute Gasteiger partial charge is 0.465 e. The second-order valence-electron chi connectivity index (χ2n) is 9.88. The first-order valence-electron chi connectivity index (χ1n) is 13.0. The lowest BCUT2D eigenvalue weighted by Gasteiger charge is -2.18. The summed E-state index contributed by atoms with van der Waals surface area (Å²) in [6.45, 7) is 3.76. The van der Waals surface area contributed by atoms with Crippen LogP contribution in [0.15, 0.2) is 41.5 Å². The molecule has 0 radical (unpaired) electrons. The van der Waals surface area contributed by atoms with Gasteiger partial charge in [-0.1, -0.05) is 37.3 Å². The number of benzene rings is 1. The number of nitrogens with zero attached hydrogens (tertiary/aromatic N) is 2. The zero-order chi connectivity index (χ0) is 28.4. The second-order valence-corrected chi connectivity index (χ2v) is 12.0. The number of aromatic nitrogens is 2. The molecule has 0 bridgehead atoms. The van der Waals surface area contributed by atoms with E-state index in [1.807, 2.05) is 30.3 Å². The summed E-state index contributed by atoms with van der Waals surface area (Å²) < 4.78 is 11.7. The number of hydrogen-bond acceptors (Lipinski definition) is 9. The molecule has 11 heteroatoms. The zero-order valence-corrected chi connectivity index (χ0v) is 24.1. The minimum absolute atomic E-state index is 0.215. The van der Waals surface area contributed by atoms with Crippen molar-refractivity contribution in [2.24, 2.45) is 5.92 Å². The fourth-order valence-corrected chi connectivity index (χ4v) is 7.36. The quantitative estimate of drug-likeness (QED) is 0.299. The summed E-state index contributed by atoms with van der Waals surface area (Å²) >= 11 is 2.48. The van der Waals surface area contributed by atoms with E-state index < -0.39 is 23.4 Å². The first-order chi connectivity index (χ1) is 19.3. The van der Waals surface area contributed by atoms with Gasteiger partial charge in [-0.25, -0.2) is 14.6 Å². The summed E-state index contributed by atoms with van der Waals surface area (Å²) in [6.07, 6.45) is 4.44. The van der Waals surface area contributed by atoms with Crippen molar-refractivity contribution in [3.8, 4) is 0 Å². The number of carbonyl (C=O) groups excluding carboxylic acids is 3. The Balaban J connectivity index is 1.32. The third-order valence-corrected chi connectivity index (χ3v) is 9.39. The number of nitrogens with one attached hydrogen (secondary N) is 1. The fraction of sp³-hybridized carbons (Fsp3) is 0.345. The van der Waals surface area contributed by atoms with Gasteiger partial charge in [-0.3, -0.25) is 14.2 Å². The summed E-state index contributed by atoms with van der Waals surface area (Å²) in [5.41, 5.74) is 2.44. The Morgan fingerprint density at radius 3 is 2.67 bits per heavy atom. The molecule has 0 saturated heterocycles. The molecule has 0 spiro atoms. The molecule has 9 nitrogen and oxygen atoms in total. The van der Waals surface area contributed by atoms with E-state index in [1.165, 1.54) is 29.3 Å². The SMILES string of the molecule is COC(=O)c1c(NC(=O)Cn2cnc3sc(C(=O)OCCc4ccccc4)c(C)c3c2=O)sc2c1CCC(C)C2. The van der Waals surface area contributed by atoms with Crippen molar-refractivity contribution in [2.75, 3.05) is 19.0 Å². The van der Waals surface area contributed by atoms with Crippen LogP contribution in [0, 0.1) is 12.8 Å². The molecule has 40 heavy (non-hydrogen) atoms. The van der Waals surface area contributed by atoms with Crippen LogP contribution in [0.1, 0.15) is 54.9 Å². The number of fused-ring (bicyclic) bond motifs is 2. The average Bonchev–Trinajstić information content (AvgIpc) is 3.47. The Labute approximate surface area is 238 Å². The number of hydrogen-bond donors (Lipinski definition) is 1. The van der Waals surface area contributed by atoms with E-state index in [0.29, 0.717) is 38.2 Å². The summed E-state index contributed by atoms with van der Waals surface area (Å²) in [5.74, 6) is -0.962. The number of rotatable bonds is 8. The Morgan fingerprint density at radius 2 is 1.93 bits per heavy atom. The fourth-order valence-electron chi connectivity index (χ4n) is 4.92. The third kappa shape index (κ3) is 5.57. The number of methoxy groups -OCH3 is 1. The molecule has 4 aromatic rings. The average molecular weight is 580 g/mol. The molecular weight excluding hydrogens is 550 g/mol. The summed E-state index contributed by atoms with van der Waals surface area (Å²) in [7, 11) is 1.32. The highest BCUT2D eigenvalue weighted by Crippen LogP contribution is 2.40. The maximum atomic E-state index is 13.3. The highest BCUT2D eigenvalue weighted by molar-refractivity contribution is 7.20. The van der Waals surface area contributed by atoms with Gasteiger partial charge in [0.15, 0.2) is 0 Å². The monoisotopic (exact) mass is 579 g/mol. The van der Waals surface area contributed by atoms with Gasteiger partial charge in [0.2, 0.25) is 5.91 Å². The number of amides is 1. The molecule has 0 aliphatic heterocycles. The van der Waals surface area contributed by atoms with Crippen LogP contribution in [0.2, 0.25) is 0 Å². The van der Waals surface area contributed by atoms with Crippen molar-refractivity contribution >= 4 is 55.7 Å². The van der Waals surface area contributed by atoms with E-state index in [2.05, 4.69) is 17.2 Å². The first-order valence-corrected chi connectivity index (χ1v) is 14.6. The molecule has 1 aromatic carbocycles. The smallest absolute Gasteiger partial charge is 0.348 e. The van der Waals surface area contributed by atoms with Crippen molar-refractivity contribution in [3.05, 3.63) is 79.0 Å². The molecule has 208 valence electrons. The Hall–Kier alpha value is -3.83. The van der Waals surface area contributed by atoms with E-state index in [-0.39, 0.29) is 18.5 Å². The molecule has 1 aliphatic rings. The Morgan fingerprint density at radius 1 is 1.15 bits per heavy atom. The molecular formula is C29H29N3O6S2. The van der Waals surface area contributed by atoms with Gasteiger partial charge in [0.05, 0.1) is 31.0 Å². The van der Waals surface area contributed by atoms with Crippen LogP contribution in [0.4, 0.5) is 5.00 Å². The maximum absolute atomic E-state index is 13.3. The van der Waals surface area contributed by atoms with E-state index in [0.717, 1.165) is 46.6 Å². The molecule has 0 fully saturated rings. The maximum Gasteiger partial charge on any atom is 0.348 e. The van der Waals surface area contributed by atoms with Gasteiger partial charge in [0, 0.05) is 11.3 Å². The van der Waals surface area contributed by atoms with Crippen LogP contribution < -0.4 is 10.9 Å². The molecule has 3 aromatic heterocycles. The summed E-state index contributed by atoms with van der Waals surface area (Å²) in [6, 6.07) is 9.70. The molecule has 5 rings (SSSR count). The number of thiophene rings is 2. The number of carbonyl (C=O) groups is 3. The van der Waals surface area contributed by atoms with Crippen LogP contribution in [-0.2, 0) is 40.1 Å². The van der Waals surface area contributed by atoms with Crippen molar-refractivity contribution < 1.29 is 23.9 Å². The Bertz CT molecular complexity index is 1650. The number of esters is 2. The highest BCUT2D eigenvalue weighted by Gasteiger charge is 2.29. The Kier molecular flexibility index (Phi) is 8.13. The molecule has 1 N–H and O–H groups in total. The van der Waals surface area contributed by atoms with Crippen LogP contribution >= 0.6 is 22.7 Å². The number of anilines is 1. The van der Waals surface area contributed by atoms with Crippen molar-refractivity contribution in [1.82, 2.24) is 9.55 Å². The van der Waals surface area contributed by atoms with Crippen LogP contribution in [0.5, 0.6) is 0 Å².